The molecular formula is C28H25F6NO5S. The summed E-state index contributed by atoms with van der Waals surface area (Å²) in [6, 6.07) is 12.6. The molecule has 220 valence electrons. The van der Waals surface area contributed by atoms with Crippen LogP contribution in [0.25, 0.3) is 0 Å². The Bertz CT molecular complexity index is 1360. The van der Waals surface area contributed by atoms with Gasteiger partial charge in [0.05, 0.1) is 31.5 Å². The van der Waals surface area contributed by atoms with Crippen molar-refractivity contribution in [2.24, 2.45) is 0 Å². The molecule has 0 aliphatic rings. The minimum Gasteiger partial charge on any atom is -0.493 e. The maximum atomic E-state index is 12.8. The molecule has 0 saturated carbocycles. The zero-order valence-electron chi connectivity index (χ0n) is 21.8. The monoisotopic (exact) mass is 601 g/mol. The topological polar surface area (TPSA) is 73.9 Å². The number of carbonyl (C=O) groups is 2. The van der Waals surface area contributed by atoms with Gasteiger partial charge in [0.25, 0.3) is 5.91 Å². The second kappa shape index (κ2) is 13.7. The smallest absolute Gasteiger partial charge is 0.416 e. The van der Waals surface area contributed by atoms with E-state index in [0.717, 1.165) is 24.3 Å². The third-order valence-electron chi connectivity index (χ3n) is 5.42. The van der Waals surface area contributed by atoms with Gasteiger partial charge < -0.3 is 19.5 Å². The molecule has 0 radical (unpaired) electrons. The summed E-state index contributed by atoms with van der Waals surface area (Å²) in [5.74, 6) is -1.80. The fraction of sp³-hybridized carbons (Fsp3) is 0.286. The summed E-state index contributed by atoms with van der Waals surface area (Å²) in [4.78, 5) is 24.5. The van der Waals surface area contributed by atoms with Crippen LogP contribution in [0.1, 0.15) is 34.0 Å². The lowest BCUT2D eigenvalue weighted by Crippen LogP contribution is -2.13. The molecule has 0 heterocycles. The van der Waals surface area contributed by atoms with Crippen molar-refractivity contribution < 1.29 is 50.1 Å². The molecule has 1 N–H and O–H groups in total. The minimum absolute atomic E-state index is 0.0442. The molecule has 13 heteroatoms. The third-order valence-corrected chi connectivity index (χ3v) is 6.46. The first-order valence-electron chi connectivity index (χ1n) is 12.1. The van der Waals surface area contributed by atoms with Crippen LogP contribution in [0.5, 0.6) is 17.2 Å². The van der Waals surface area contributed by atoms with Crippen LogP contribution in [0.15, 0.2) is 60.7 Å². The lowest BCUT2D eigenvalue weighted by Gasteiger charge is -2.16. The van der Waals surface area contributed by atoms with Gasteiger partial charge in [0, 0.05) is 22.6 Å². The molecule has 0 fully saturated rings. The summed E-state index contributed by atoms with van der Waals surface area (Å²) in [5, 5.41) is 2.54. The summed E-state index contributed by atoms with van der Waals surface area (Å²) in [6.45, 7) is 1.88. The number of carbonyl (C=O) groups excluding carboxylic acids is 2. The van der Waals surface area contributed by atoms with Gasteiger partial charge in [0.1, 0.15) is 5.75 Å². The van der Waals surface area contributed by atoms with E-state index in [-0.39, 0.29) is 41.5 Å². The van der Waals surface area contributed by atoms with Crippen molar-refractivity contribution in [1.82, 2.24) is 0 Å². The second-order valence-electron chi connectivity index (χ2n) is 8.53. The van der Waals surface area contributed by atoms with Gasteiger partial charge in [0.2, 0.25) is 0 Å². The summed E-state index contributed by atoms with van der Waals surface area (Å²) in [6.07, 6.45) is -9.02. The fourth-order valence-electron chi connectivity index (χ4n) is 3.57. The van der Waals surface area contributed by atoms with Crippen molar-refractivity contribution in [1.29, 1.82) is 0 Å². The molecule has 0 atom stereocenters. The third kappa shape index (κ3) is 9.62. The van der Waals surface area contributed by atoms with E-state index in [9.17, 15) is 35.9 Å². The van der Waals surface area contributed by atoms with Crippen LogP contribution in [0.2, 0.25) is 0 Å². The molecule has 3 aromatic rings. The number of methoxy groups -OCH3 is 1. The zero-order valence-corrected chi connectivity index (χ0v) is 22.6. The Kier molecular flexibility index (Phi) is 10.5. The fourth-order valence-corrected chi connectivity index (χ4v) is 4.35. The van der Waals surface area contributed by atoms with Gasteiger partial charge in [-0.1, -0.05) is 6.07 Å². The quantitative estimate of drug-likeness (QED) is 0.180. The van der Waals surface area contributed by atoms with Crippen molar-refractivity contribution in [3.63, 3.8) is 0 Å². The normalized spacial score (nSPS) is 11.6. The Morgan fingerprint density at radius 3 is 2.17 bits per heavy atom. The number of thioether (sulfide) groups is 1. The predicted octanol–water partition coefficient (Wildman–Crippen LogP) is 7.66. The predicted molar refractivity (Wildman–Crippen MR) is 141 cm³/mol. The average Bonchev–Trinajstić information content (AvgIpc) is 2.89. The Morgan fingerprint density at radius 1 is 0.878 bits per heavy atom. The molecular weight excluding hydrogens is 576 g/mol. The lowest BCUT2D eigenvalue weighted by atomic mass is 10.1. The minimum atomic E-state index is -4.56. The Labute approximate surface area is 236 Å². The second-order valence-corrected chi connectivity index (χ2v) is 9.51. The number of halogens is 6. The van der Waals surface area contributed by atoms with Gasteiger partial charge in [-0.3, -0.25) is 9.59 Å². The number of nitrogens with one attached hydrogen (secondary N) is 1. The van der Waals surface area contributed by atoms with Crippen LogP contribution in [0.3, 0.4) is 0 Å². The van der Waals surface area contributed by atoms with Crippen molar-refractivity contribution >= 4 is 29.3 Å². The Morgan fingerprint density at radius 2 is 1.56 bits per heavy atom. The van der Waals surface area contributed by atoms with Gasteiger partial charge in [-0.25, -0.2) is 0 Å². The maximum absolute atomic E-state index is 12.8. The number of rotatable bonds is 11. The van der Waals surface area contributed by atoms with Crippen LogP contribution >= 0.6 is 11.8 Å². The first-order valence-corrected chi connectivity index (χ1v) is 13.2. The van der Waals surface area contributed by atoms with E-state index in [1.807, 2.05) is 0 Å². The first-order chi connectivity index (χ1) is 19.3. The van der Waals surface area contributed by atoms with Crippen LogP contribution < -0.4 is 14.8 Å². The Balaban J connectivity index is 1.87. The molecule has 0 bridgehead atoms. The van der Waals surface area contributed by atoms with Gasteiger partial charge >= 0.3 is 18.3 Å². The number of benzene rings is 3. The summed E-state index contributed by atoms with van der Waals surface area (Å²) >= 11 is 0.576. The van der Waals surface area contributed by atoms with E-state index in [0.29, 0.717) is 28.6 Å². The molecule has 41 heavy (non-hydrogen) atoms. The van der Waals surface area contributed by atoms with E-state index >= 15 is 0 Å². The molecule has 0 aliphatic carbocycles. The number of alkyl halides is 6. The van der Waals surface area contributed by atoms with Gasteiger partial charge in [-0.2, -0.15) is 26.3 Å². The van der Waals surface area contributed by atoms with E-state index < -0.39 is 35.5 Å². The maximum Gasteiger partial charge on any atom is 0.416 e. The van der Waals surface area contributed by atoms with Crippen molar-refractivity contribution in [3.05, 3.63) is 82.9 Å². The number of anilines is 1. The molecule has 1 amide bonds. The van der Waals surface area contributed by atoms with Crippen LogP contribution in [-0.2, 0) is 27.9 Å². The highest BCUT2D eigenvalue weighted by Crippen LogP contribution is 2.37. The summed E-state index contributed by atoms with van der Waals surface area (Å²) < 4.78 is 93.2. The van der Waals surface area contributed by atoms with Crippen molar-refractivity contribution in [2.45, 2.75) is 31.5 Å². The van der Waals surface area contributed by atoms with E-state index in [4.69, 9.17) is 14.2 Å². The lowest BCUT2D eigenvalue weighted by molar-refractivity contribution is -0.142. The molecule has 0 saturated heterocycles. The molecule has 3 rings (SSSR count). The number of esters is 1. The van der Waals surface area contributed by atoms with Gasteiger partial charge in [0.15, 0.2) is 11.5 Å². The highest BCUT2D eigenvalue weighted by atomic mass is 32.2. The molecule has 0 unspecified atom stereocenters. The highest BCUT2D eigenvalue weighted by molar-refractivity contribution is 7.98. The highest BCUT2D eigenvalue weighted by Gasteiger charge is 2.30. The van der Waals surface area contributed by atoms with E-state index in [2.05, 4.69) is 5.32 Å². The molecule has 0 aliphatic heterocycles. The molecule has 6 nitrogen and oxygen atoms in total. The van der Waals surface area contributed by atoms with E-state index in [1.165, 1.54) is 25.3 Å². The van der Waals surface area contributed by atoms with Crippen molar-refractivity contribution in [3.8, 4) is 17.2 Å². The summed E-state index contributed by atoms with van der Waals surface area (Å²) in [5.41, 5.74) is 0.0682. The summed E-state index contributed by atoms with van der Waals surface area (Å²) in [7, 11) is 1.40. The number of hydrogen-bond donors (Lipinski definition) is 1. The molecule has 0 spiro atoms. The molecule has 3 aromatic carbocycles. The van der Waals surface area contributed by atoms with E-state index in [1.54, 1.807) is 25.1 Å². The zero-order chi connectivity index (χ0) is 30.2. The van der Waals surface area contributed by atoms with Crippen LogP contribution in [-0.4, -0.2) is 37.5 Å². The molecule has 0 aromatic heterocycles. The van der Waals surface area contributed by atoms with Gasteiger partial charge in [-0.15, -0.1) is 11.8 Å². The largest absolute Gasteiger partial charge is 0.493 e. The number of ether oxygens (including phenoxy) is 3. The first kappa shape index (κ1) is 31.7. The Hall–Kier alpha value is -3.87. The van der Waals surface area contributed by atoms with Gasteiger partial charge in [-0.05, 0) is 67.1 Å². The number of amides is 1. The average molecular weight is 602 g/mol. The van der Waals surface area contributed by atoms with Crippen molar-refractivity contribution in [2.75, 3.05) is 24.8 Å². The number of hydrogen-bond acceptors (Lipinski definition) is 6. The standard InChI is InChI=1S/C28H25F6NO5S/c1-3-39-25(36)13-17-4-10-23(38-2)24(12-17)40-22-11-9-21(14-19(22)15-41-16-27(29,30)31)35-26(37)18-5-7-20(8-6-18)28(32,33)34/h4-12,14H,3,13,15-16H2,1-2H3,(H,35,37). The SMILES string of the molecule is CCOC(=O)Cc1ccc(OC)c(Oc2ccc(NC(=O)c3ccc(C(F)(F)F)cc3)cc2CSCC(F)(F)F)c1. The van der Waals surface area contributed by atoms with Crippen LogP contribution in [0.4, 0.5) is 32.0 Å². The van der Waals surface area contributed by atoms with Crippen LogP contribution in [0, 0.1) is 0 Å².